The number of piperidine rings is 1. The number of furan rings is 1. The van der Waals surface area contributed by atoms with Crippen molar-refractivity contribution in [1.29, 1.82) is 0 Å². The van der Waals surface area contributed by atoms with Crippen LogP contribution in [0.3, 0.4) is 0 Å². The fourth-order valence-electron chi connectivity index (χ4n) is 2.25. The van der Waals surface area contributed by atoms with Crippen LogP contribution in [0.1, 0.15) is 29.0 Å². The maximum atomic E-state index is 10.7. The highest BCUT2D eigenvalue weighted by atomic mass is 16.4. The van der Waals surface area contributed by atoms with E-state index in [-0.39, 0.29) is 5.56 Å². The van der Waals surface area contributed by atoms with Gasteiger partial charge < -0.3 is 19.7 Å². The first-order chi connectivity index (χ1) is 8.65. The summed E-state index contributed by atoms with van der Waals surface area (Å²) in [5.41, 5.74) is 0.214. The molecule has 1 saturated heterocycles. The zero-order chi connectivity index (χ0) is 13.0. The van der Waals surface area contributed by atoms with Gasteiger partial charge >= 0.3 is 5.97 Å². The standard InChI is InChI=1S/C13H20N2O3/c1-15-4-2-10(3-5-15)7-14-8-12-6-11(9-18-12)13(16)17/h6,9-10,14H,2-5,7-8H2,1H3,(H,16,17). The number of carboxylic acids is 1. The molecule has 0 bridgehead atoms. The van der Waals surface area contributed by atoms with Crippen molar-refractivity contribution < 1.29 is 14.3 Å². The summed E-state index contributed by atoms with van der Waals surface area (Å²) in [5, 5.41) is 12.1. The molecule has 2 heterocycles. The second kappa shape index (κ2) is 6.02. The Morgan fingerprint density at radius 2 is 2.28 bits per heavy atom. The number of carbonyl (C=O) groups is 1. The van der Waals surface area contributed by atoms with E-state index in [1.54, 1.807) is 6.07 Å². The maximum Gasteiger partial charge on any atom is 0.338 e. The van der Waals surface area contributed by atoms with E-state index >= 15 is 0 Å². The molecule has 5 heteroatoms. The van der Waals surface area contributed by atoms with E-state index in [4.69, 9.17) is 9.52 Å². The van der Waals surface area contributed by atoms with Gasteiger partial charge in [-0.05, 0) is 51.5 Å². The average Bonchev–Trinajstić information content (AvgIpc) is 2.81. The zero-order valence-corrected chi connectivity index (χ0v) is 10.7. The van der Waals surface area contributed by atoms with Crippen molar-refractivity contribution in [2.24, 2.45) is 5.92 Å². The van der Waals surface area contributed by atoms with Gasteiger partial charge in [-0.3, -0.25) is 0 Å². The highest BCUT2D eigenvalue weighted by Crippen LogP contribution is 2.15. The van der Waals surface area contributed by atoms with Crippen molar-refractivity contribution in [3.8, 4) is 0 Å². The van der Waals surface area contributed by atoms with Gasteiger partial charge in [0, 0.05) is 0 Å². The number of nitrogens with one attached hydrogen (secondary N) is 1. The minimum atomic E-state index is -0.944. The molecule has 100 valence electrons. The number of hydrogen-bond acceptors (Lipinski definition) is 4. The molecule has 2 N–H and O–H groups in total. The normalized spacial score (nSPS) is 18.1. The van der Waals surface area contributed by atoms with Crippen LogP contribution in [0.25, 0.3) is 0 Å². The summed E-state index contributed by atoms with van der Waals surface area (Å²) in [6.45, 7) is 3.89. The van der Waals surface area contributed by atoms with Crippen LogP contribution < -0.4 is 5.32 Å². The fourth-order valence-corrected chi connectivity index (χ4v) is 2.25. The Balaban J connectivity index is 1.70. The van der Waals surface area contributed by atoms with E-state index < -0.39 is 5.97 Å². The molecule has 5 nitrogen and oxygen atoms in total. The predicted octanol–water partition coefficient (Wildman–Crippen LogP) is 1.41. The molecular weight excluding hydrogens is 232 g/mol. The van der Waals surface area contributed by atoms with Crippen LogP contribution in [0, 0.1) is 5.92 Å². The lowest BCUT2D eigenvalue weighted by Gasteiger charge is -2.28. The number of rotatable bonds is 5. The molecule has 1 aliphatic heterocycles. The van der Waals surface area contributed by atoms with E-state index in [1.165, 1.54) is 19.1 Å². The van der Waals surface area contributed by atoms with Gasteiger partial charge in [0.1, 0.15) is 12.0 Å². The van der Waals surface area contributed by atoms with Crippen molar-refractivity contribution in [2.45, 2.75) is 19.4 Å². The summed E-state index contributed by atoms with van der Waals surface area (Å²) in [6, 6.07) is 1.57. The second-order valence-corrected chi connectivity index (χ2v) is 4.98. The number of likely N-dealkylation sites (tertiary alicyclic amines) is 1. The molecular formula is C13H20N2O3. The SMILES string of the molecule is CN1CCC(CNCc2cc(C(=O)O)co2)CC1. The molecule has 0 amide bonds. The van der Waals surface area contributed by atoms with Gasteiger partial charge in [-0.25, -0.2) is 4.79 Å². The summed E-state index contributed by atoms with van der Waals surface area (Å²) in [7, 11) is 2.15. The van der Waals surface area contributed by atoms with Crippen LogP contribution in [0.2, 0.25) is 0 Å². The van der Waals surface area contributed by atoms with Crippen LogP contribution in [0.15, 0.2) is 16.7 Å². The van der Waals surface area contributed by atoms with Crippen molar-refractivity contribution in [2.75, 3.05) is 26.7 Å². The molecule has 0 unspecified atom stereocenters. The lowest BCUT2D eigenvalue weighted by Crippen LogP contribution is -2.34. The smallest absolute Gasteiger partial charge is 0.338 e. The molecule has 0 saturated carbocycles. The molecule has 1 aromatic heterocycles. The Morgan fingerprint density at radius 3 is 2.89 bits per heavy atom. The third kappa shape index (κ3) is 3.58. The van der Waals surface area contributed by atoms with Gasteiger partial charge in [0.25, 0.3) is 0 Å². The molecule has 0 aliphatic carbocycles. The fraction of sp³-hybridized carbons (Fsp3) is 0.615. The molecule has 0 aromatic carbocycles. The quantitative estimate of drug-likeness (QED) is 0.829. The van der Waals surface area contributed by atoms with Crippen LogP contribution in [0.5, 0.6) is 0 Å². The highest BCUT2D eigenvalue weighted by Gasteiger charge is 2.16. The summed E-state index contributed by atoms with van der Waals surface area (Å²) < 4.78 is 5.18. The maximum absolute atomic E-state index is 10.7. The van der Waals surface area contributed by atoms with E-state index in [1.807, 2.05) is 0 Å². The lowest BCUT2D eigenvalue weighted by molar-refractivity contribution is 0.0696. The van der Waals surface area contributed by atoms with Gasteiger partial charge in [0.15, 0.2) is 0 Å². The molecule has 1 aromatic rings. The first kappa shape index (κ1) is 13.1. The molecule has 0 atom stereocenters. The van der Waals surface area contributed by atoms with E-state index in [2.05, 4.69) is 17.3 Å². The second-order valence-electron chi connectivity index (χ2n) is 4.98. The Labute approximate surface area is 107 Å². The number of hydrogen-bond donors (Lipinski definition) is 2. The van der Waals surface area contributed by atoms with Crippen molar-refractivity contribution in [1.82, 2.24) is 10.2 Å². The average molecular weight is 252 g/mol. The summed E-state index contributed by atoms with van der Waals surface area (Å²) in [4.78, 5) is 13.0. The van der Waals surface area contributed by atoms with Gasteiger partial charge in [0.2, 0.25) is 0 Å². The van der Waals surface area contributed by atoms with Gasteiger partial charge in [-0.1, -0.05) is 0 Å². The van der Waals surface area contributed by atoms with E-state index in [9.17, 15) is 4.79 Å². The summed E-state index contributed by atoms with van der Waals surface area (Å²) >= 11 is 0. The molecule has 18 heavy (non-hydrogen) atoms. The van der Waals surface area contributed by atoms with Crippen molar-refractivity contribution in [3.05, 3.63) is 23.7 Å². The first-order valence-electron chi connectivity index (χ1n) is 6.35. The minimum absolute atomic E-state index is 0.214. The zero-order valence-electron chi connectivity index (χ0n) is 10.7. The van der Waals surface area contributed by atoms with Gasteiger partial charge in [-0.15, -0.1) is 0 Å². The van der Waals surface area contributed by atoms with E-state index in [0.29, 0.717) is 12.3 Å². The molecule has 0 radical (unpaired) electrons. The first-order valence-corrected chi connectivity index (χ1v) is 6.35. The van der Waals surface area contributed by atoms with Crippen molar-refractivity contribution >= 4 is 5.97 Å². The Hall–Kier alpha value is -1.33. The summed E-state index contributed by atoms with van der Waals surface area (Å²) in [6.07, 6.45) is 3.74. The van der Waals surface area contributed by atoms with Crippen molar-refractivity contribution in [3.63, 3.8) is 0 Å². The highest BCUT2D eigenvalue weighted by molar-refractivity contribution is 5.87. The minimum Gasteiger partial charge on any atom is -0.478 e. The number of carboxylic acid groups (broad SMARTS) is 1. The van der Waals surface area contributed by atoms with Crippen LogP contribution in [-0.4, -0.2) is 42.7 Å². The molecule has 2 rings (SSSR count). The Morgan fingerprint density at radius 1 is 1.56 bits per heavy atom. The third-order valence-corrected chi connectivity index (χ3v) is 3.47. The predicted molar refractivity (Wildman–Crippen MR) is 67.6 cm³/mol. The number of aromatic carboxylic acids is 1. The molecule has 1 fully saturated rings. The van der Waals surface area contributed by atoms with Crippen LogP contribution >= 0.6 is 0 Å². The third-order valence-electron chi connectivity index (χ3n) is 3.47. The van der Waals surface area contributed by atoms with Gasteiger partial charge in [0.05, 0.1) is 12.1 Å². The lowest BCUT2D eigenvalue weighted by atomic mass is 9.97. The largest absolute Gasteiger partial charge is 0.478 e. The Kier molecular flexibility index (Phi) is 4.38. The van der Waals surface area contributed by atoms with Gasteiger partial charge in [-0.2, -0.15) is 0 Å². The topological polar surface area (TPSA) is 65.7 Å². The van der Waals surface area contributed by atoms with E-state index in [0.717, 1.165) is 25.6 Å². The van der Waals surface area contributed by atoms with Crippen LogP contribution in [-0.2, 0) is 6.54 Å². The Bertz CT molecular complexity index is 395. The summed E-state index contributed by atoms with van der Waals surface area (Å²) in [5.74, 6) is 0.454. The molecule has 0 spiro atoms. The molecule has 1 aliphatic rings. The number of nitrogens with zero attached hydrogens (tertiary/aromatic N) is 1. The monoisotopic (exact) mass is 252 g/mol. The van der Waals surface area contributed by atoms with Crippen LogP contribution in [0.4, 0.5) is 0 Å².